The number of benzene rings is 2. The third kappa shape index (κ3) is 6.14. The van der Waals surface area contributed by atoms with Gasteiger partial charge in [0, 0.05) is 22.6 Å². The number of thioether (sulfide) groups is 1. The van der Waals surface area contributed by atoms with Gasteiger partial charge in [0.25, 0.3) is 5.91 Å². The predicted octanol–water partition coefficient (Wildman–Crippen LogP) is 2.10. The fourth-order valence-electron chi connectivity index (χ4n) is 2.59. The first-order valence-electron chi connectivity index (χ1n) is 9.16. The molecule has 10 heteroatoms. The lowest BCUT2D eigenvalue weighted by Gasteiger charge is -2.07. The number of nitrogens with one attached hydrogen (secondary N) is 3. The van der Waals surface area contributed by atoms with Gasteiger partial charge >= 0.3 is 0 Å². The van der Waals surface area contributed by atoms with Crippen molar-refractivity contribution in [2.24, 2.45) is 0 Å². The van der Waals surface area contributed by atoms with Crippen LogP contribution in [-0.2, 0) is 19.6 Å². The highest BCUT2D eigenvalue weighted by molar-refractivity contribution is 8.00. The first-order chi connectivity index (χ1) is 14.9. The Morgan fingerprint density at radius 2 is 1.77 bits per heavy atom. The lowest BCUT2D eigenvalue weighted by atomic mass is 10.2. The molecule has 1 aromatic heterocycles. The molecule has 1 heterocycles. The zero-order chi connectivity index (χ0) is 22.3. The summed E-state index contributed by atoms with van der Waals surface area (Å²) in [5.74, 6) is -0.764. The quantitative estimate of drug-likeness (QED) is 0.285. The summed E-state index contributed by atoms with van der Waals surface area (Å²) in [4.78, 5) is 29.3. The number of aromatic nitrogens is 1. The number of hydrazine groups is 1. The fourth-order valence-corrected chi connectivity index (χ4v) is 4.16. The Morgan fingerprint density at radius 3 is 2.52 bits per heavy atom. The van der Waals surface area contributed by atoms with Crippen LogP contribution in [-0.4, -0.2) is 38.0 Å². The second-order valence-electron chi connectivity index (χ2n) is 6.27. The Labute approximate surface area is 184 Å². The molecule has 0 radical (unpaired) electrons. The van der Waals surface area contributed by atoms with Crippen LogP contribution in [0, 0.1) is 0 Å². The van der Waals surface area contributed by atoms with Crippen molar-refractivity contribution in [3.63, 3.8) is 0 Å². The maximum Gasteiger partial charge on any atom is 0.262 e. The molecule has 3 aromatic rings. The molecule has 2 amide bonds. The molecular weight excluding hydrogens is 436 g/mol. The molecule has 0 saturated carbocycles. The summed E-state index contributed by atoms with van der Waals surface area (Å²) in [5, 5.41) is 0.989. The number of hydrogen-bond donors (Lipinski definition) is 3. The molecule has 160 valence electrons. The number of sulfonamides is 1. The summed E-state index contributed by atoms with van der Waals surface area (Å²) in [7, 11) is -2.18. The van der Waals surface area contributed by atoms with Crippen molar-refractivity contribution in [2.45, 2.75) is 9.79 Å². The highest BCUT2D eigenvalue weighted by Crippen LogP contribution is 2.25. The van der Waals surface area contributed by atoms with Crippen LogP contribution in [0.2, 0.25) is 0 Å². The molecule has 0 saturated heterocycles. The lowest BCUT2D eigenvalue weighted by molar-refractivity contribution is -0.125. The molecule has 0 spiro atoms. The van der Waals surface area contributed by atoms with Crippen LogP contribution in [0.5, 0.6) is 0 Å². The van der Waals surface area contributed by atoms with Crippen molar-refractivity contribution in [1.29, 1.82) is 0 Å². The van der Waals surface area contributed by atoms with E-state index in [-0.39, 0.29) is 16.6 Å². The van der Waals surface area contributed by atoms with Crippen LogP contribution < -0.4 is 15.6 Å². The molecule has 31 heavy (non-hydrogen) atoms. The van der Waals surface area contributed by atoms with Crippen molar-refractivity contribution in [3.8, 4) is 0 Å². The van der Waals surface area contributed by atoms with Crippen LogP contribution in [0.15, 0.2) is 76.7 Å². The van der Waals surface area contributed by atoms with E-state index >= 15 is 0 Å². The summed E-state index contributed by atoms with van der Waals surface area (Å²) in [5.41, 5.74) is 6.12. The normalized spacial score (nSPS) is 11.5. The van der Waals surface area contributed by atoms with Crippen LogP contribution in [0.3, 0.4) is 0 Å². The Balaban J connectivity index is 1.48. The van der Waals surface area contributed by atoms with Gasteiger partial charge in [0.05, 0.1) is 16.2 Å². The van der Waals surface area contributed by atoms with Gasteiger partial charge in [-0.1, -0.05) is 30.3 Å². The number of amides is 2. The van der Waals surface area contributed by atoms with Crippen molar-refractivity contribution < 1.29 is 18.0 Å². The summed E-state index contributed by atoms with van der Waals surface area (Å²) in [6.07, 6.45) is 4.45. The Morgan fingerprint density at radius 1 is 1.03 bits per heavy atom. The molecule has 0 aliphatic rings. The van der Waals surface area contributed by atoms with E-state index in [1.807, 2.05) is 30.3 Å². The highest BCUT2D eigenvalue weighted by Gasteiger charge is 2.10. The van der Waals surface area contributed by atoms with Gasteiger partial charge < -0.3 is 0 Å². The second kappa shape index (κ2) is 10.2. The number of nitrogens with zero attached hydrogens (tertiary/aromatic N) is 1. The number of fused-ring (bicyclic) bond motifs is 1. The number of carbonyl (C=O) groups is 2. The maximum atomic E-state index is 12.0. The summed E-state index contributed by atoms with van der Waals surface area (Å²) in [6.45, 7) is 0. The smallest absolute Gasteiger partial charge is 0.262 e. The minimum absolute atomic E-state index is 0.112. The first-order valence-corrected chi connectivity index (χ1v) is 11.6. The van der Waals surface area contributed by atoms with Gasteiger partial charge in [-0.15, -0.1) is 11.8 Å². The second-order valence-corrected chi connectivity index (χ2v) is 9.17. The number of pyridine rings is 1. The molecule has 2 aromatic carbocycles. The maximum absolute atomic E-state index is 12.0. The van der Waals surface area contributed by atoms with E-state index in [2.05, 4.69) is 20.6 Å². The molecule has 0 bridgehead atoms. The molecule has 0 aliphatic carbocycles. The molecule has 0 fully saturated rings. The highest BCUT2D eigenvalue weighted by atomic mass is 32.2. The third-order valence-electron chi connectivity index (χ3n) is 4.17. The topological polar surface area (TPSA) is 117 Å². The van der Waals surface area contributed by atoms with Crippen molar-refractivity contribution in [1.82, 2.24) is 20.6 Å². The number of carbonyl (C=O) groups excluding carboxylic acids is 2. The van der Waals surface area contributed by atoms with E-state index in [0.29, 0.717) is 5.56 Å². The monoisotopic (exact) mass is 456 g/mol. The largest absolute Gasteiger partial charge is 0.272 e. The van der Waals surface area contributed by atoms with Gasteiger partial charge in [0.1, 0.15) is 0 Å². The first kappa shape index (κ1) is 22.5. The third-order valence-corrected chi connectivity index (χ3v) is 6.64. The van der Waals surface area contributed by atoms with Gasteiger partial charge in [-0.05, 0) is 43.0 Å². The van der Waals surface area contributed by atoms with Crippen LogP contribution >= 0.6 is 11.8 Å². The van der Waals surface area contributed by atoms with E-state index < -0.39 is 15.9 Å². The van der Waals surface area contributed by atoms with E-state index in [1.165, 1.54) is 43.1 Å². The summed E-state index contributed by atoms with van der Waals surface area (Å²) in [6, 6.07) is 15.6. The number of para-hydroxylation sites is 1. The SMILES string of the molecule is CNS(=O)(=O)c1ccc(/C=C/C(=O)NNC(=O)CSc2cccc3cccnc23)cc1. The van der Waals surface area contributed by atoms with Gasteiger partial charge in [0.2, 0.25) is 15.9 Å². The average Bonchev–Trinajstić information content (AvgIpc) is 2.80. The number of hydrogen-bond acceptors (Lipinski definition) is 6. The Hall–Kier alpha value is -3.21. The van der Waals surface area contributed by atoms with Crippen molar-refractivity contribution in [3.05, 3.63) is 72.4 Å². The molecule has 3 N–H and O–H groups in total. The van der Waals surface area contributed by atoms with Crippen LogP contribution in [0.25, 0.3) is 17.0 Å². The van der Waals surface area contributed by atoms with Gasteiger partial charge in [-0.2, -0.15) is 0 Å². The van der Waals surface area contributed by atoms with E-state index in [1.54, 1.807) is 18.3 Å². The van der Waals surface area contributed by atoms with E-state index in [4.69, 9.17) is 0 Å². The van der Waals surface area contributed by atoms with Crippen molar-refractivity contribution in [2.75, 3.05) is 12.8 Å². The van der Waals surface area contributed by atoms with Gasteiger partial charge in [-0.3, -0.25) is 25.4 Å². The van der Waals surface area contributed by atoms with Crippen LogP contribution in [0.4, 0.5) is 0 Å². The summed E-state index contributed by atoms with van der Waals surface area (Å²) >= 11 is 1.33. The Bertz CT molecular complexity index is 1220. The average molecular weight is 457 g/mol. The van der Waals surface area contributed by atoms with E-state index in [0.717, 1.165) is 15.8 Å². The van der Waals surface area contributed by atoms with Gasteiger partial charge in [-0.25, -0.2) is 13.1 Å². The molecular formula is C21H20N4O4S2. The zero-order valence-corrected chi connectivity index (χ0v) is 18.2. The molecule has 0 atom stereocenters. The Kier molecular flexibility index (Phi) is 7.40. The zero-order valence-electron chi connectivity index (χ0n) is 16.5. The minimum atomic E-state index is -3.51. The van der Waals surface area contributed by atoms with Gasteiger partial charge in [0.15, 0.2) is 0 Å². The lowest BCUT2D eigenvalue weighted by Crippen LogP contribution is -2.41. The molecule has 3 rings (SSSR count). The molecule has 0 unspecified atom stereocenters. The summed E-state index contributed by atoms with van der Waals surface area (Å²) < 4.78 is 25.6. The number of rotatable bonds is 7. The van der Waals surface area contributed by atoms with E-state index in [9.17, 15) is 18.0 Å². The predicted molar refractivity (Wildman–Crippen MR) is 120 cm³/mol. The van der Waals surface area contributed by atoms with Crippen molar-refractivity contribution >= 4 is 50.6 Å². The standard InChI is InChI=1S/C21H20N4O4S2/c1-22-31(28,29)17-10-7-15(8-11-17)9-12-19(26)24-25-20(27)14-30-18-6-2-4-16-5-3-13-23-21(16)18/h2-13,22H,14H2,1H3,(H,24,26)(H,25,27)/b12-9+. The molecule has 8 nitrogen and oxygen atoms in total. The fraction of sp³-hybridized carbons (Fsp3) is 0.0952. The molecule has 0 aliphatic heterocycles. The van der Waals surface area contributed by atoms with Crippen LogP contribution in [0.1, 0.15) is 5.56 Å². The minimum Gasteiger partial charge on any atom is -0.272 e.